The van der Waals surface area contributed by atoms with Crippen LogP contribution in [-0.2, 0) is 13.1 Å². The summed E-state index contributed by atoms with van der Waals surface area (Å²) in [5.41, 5.74) is 0. The van der Waals surface area contributed by atoms with Crippen molar-refractivity contribution in [3.63, 3.8) is 0 Å². The zero-order chi connectivity index (χ0) is 23.6. The van der Waals surface area contributed by atoms with Gasteiger partial charge in [-0.25, -0.2) is 9.36 Å². The SMILES string of the molecule is Br.Br.N=c1sc(-c2cccs2)nn1CCCCCCCCCCCCn1nc(-c2cccs2)sc1=N. The van der Waals surface area contributed by atoms with Gasteiger partial charge in [0.25, 0.3) is 0 Å². The molecule has 0 atom stereocenters. The summed E-state index contributed by atoms with van der Waals surface area (Å²) in [7, 11) is 0. The molecular weight excluding hydrogens is 660 g/mol. The highest BCUT2D eigenvalue weighted by atomic mass is 79.9. The van der Waals surface area contributed by atoms with Gasteiger partial charge in [-0.05, 0) is 35.7 Å². The summed E-state index contributed by atoms with van der Waals surface area (Å²) in [6, 6.07) is 8.21. The average Bonchev–Trinajstić information content (AvgIpc) is 3.63. The Morgan fingerprint density at radius 3 is 1.28 bits per heavy atom. The number of aromatic nitrogens is 4. The van der Waals surface area contributed by atoms with Crippen LogP contribution in [0.3, 0.4) is 0 Å². The van der Waals surface area contributed by atoms with Crippen LogP contribution in [-0.4, -0.2) is 19.6 Å². The van der Waals surface area contributed by atoms with Gasteiger partial charge in [0.1, 0.15) is 0 Å². The summed E-state index contributed by atoms with van der Waals surface area (Å²) in [6.07, 6.45) is 12.4. The van der Waals surface area contributed by atoms with Crippen molar-refractivity contribution in [3.05, 3.63) is 44.6 Å². The van der Waals surface area contributed by atoms with E-state index in [0.29, 0.717) is 9.60 Å². The van der Waals surface area contributed by atoms with E-state index >= 15 is 0 Å². The Balaban J connectivity index is 0.00000228. The first-order valence-electron chi connectivity index (χ1n) is 12.0. The van der Waals surface area contributed by atoms with Gasteiger partial charge >= 0.3 is 0 Å². The van der Waals surface area contributed by atoms with E-state index in [9.17, 15) is 0 Å². The molecule has 4 aromatic heterocycles. The molecule has 0 aliphatic heterocycles. The lowest BCUT2D eigenvalue weighted by Gasteiger charge is -2.04. The molecule has 0 aliphatic carbocycles. The fraction of sp³-hybridized carbons (Fsp3) is 0.500. The van der Waals surface area contributed by atoms with Crippen molar-refractivity contribution >= 4 is 79.3 Å². The standard InChI is InChI=1S/C24H32N6S4.2BrH/c25-23-29(27-21(33-23)19-13-11-17-31-19)15-9-7-5-3-1-2-4-6-8-10-16-30-24(26)34-22(28-30)20-14-12-18-32-20;;/h11-14,17-18,25-26H,1-10,15-16H2;2*1H. The fourth-order valence-corrected chi connectivity index (χ4v) is 7.08. The first kappa shape index (κ1) is 31.3. The second-order valence-corrected chi connectivity index (χ2v) is 12.2. The normalized spacial score (nSPS) is 10.8. The number of rotatable bonds is 15. The van der Waals surface area contributed by atoms with E-state index in [1.54, 1.807) is 22.7 Å². The molecule has 0 bridgehead atoms. The van der Waals surface area contributed by atoms with Gasteiger partial charge in [-0.15, -0.1) is 56.6 Å². The zero-order valence-electron chi connectivity index (χ0n) is 20.2. The van der Waals surface area contributed by atoms with Crippen LogP contribution in [0, 0.1) is 10.8 Å². The maximum atomic E-state index is 8.14. The molecule has 0 fully saturated rings. The Kier molecular flexibility index (Phi) is 14.6. The molecule has 0 aromatic carbocycles. The number of aryl methyl sites for hydroxylation is 2. The minimum absolute atomic E-state index is 0. The van der Waals surface area contributed by atoms with Gasteiger partial charge in [-0.3, -0.25) is 10.8 Å². The first-order chi connectivity index (χ1) is 16.7. The highest BCUT2D eigenvalue weighted by Gasteiger charge is 2.08. The summed E-state index contributed by atoms with van der Waals surface area (Å²) in [5, 5.41) is 31.5. The topological polar surface area (TPSA) is 83.3 Å². The van der Waals surface area contributed by atoms with Gasteiger partial charge in [-0.2, -0.15) is 10.2 Å². The monoisotopic (exact) mass is 692 g/mol. The highest BCUT2D eigenvalue weighted by Crippen LogP contribution is 2.25. The lowest BCUT2D eigenvalue weighted by molar-refractivity contribution is 0.494. The Morgan fingerprint density at radius 2 is 0.944 bits per heavy atom. The van der Waals surface area contributed by atoms with Gasteiger partial charge in [0.15, 0.2) is 10.0 Å². The number of nitrogens with zero attached hydrogens (tertiary/aromatic N) is 4. The van der Waals surface area contributed by atoms with Crippen molar-refractivity contribution < 1.29 is 0 Å². The van der Waals surface area contributed by atoms with Gasteiger partial charge in [0, 0.05) is 13.1 Å². The Bertz CT molecular complexity index is 1130. The summed E-state index contributed by atoms with van der Waals surface area (Å²) in [5.74, 6) is 0. The number of nitrogens with one attached hydrogen (secondary N) is 2. The minimum atomic E-state index is 0. The molecule has 0 unspecified atom stereocenters. The van der Waals surface area contributed by atoms with E-state index in [0.717, 1.165) is 45.7 Å². The largest absolute Gasteiger partial charge is 0.274 e. The van der Waals surface area contributed by atoms with Gasteiger partial charge in [0.2, 0.25) is 9.60 Å². The van der Waals surface area contributed by atoms with Crippen LogP contribution in [0.5, 0.6) is 0 Å². The molecule has 0 aliphatic rings. The molecule has 6 nitrogen and oxygen atoms in total. The average molecular weight is 695 g/mol. The van der Waals surface area contributed by atoms with Crippen LogP contribution < -0.4 is 9.60 Å². The minimum Gasteiger partial charge on any atom is -0.274 e. The number of thiophene rings is 2. The molecule has 198 valence electrons. The predicted octanol–water partition coefficient (Wildman–Crippen LogP) is 8.38. The summed E-state index contributed by atoms with van der Waals surface area (Å²) in [6.45, 7) is 1.71. The second-order valence-electron chi connectivity index (χ2n) is 8.36. The third kappa shape index (κ3) is 9.43. The molecule has 4 aromatic rings. The summed E-state index contributed by atoms with van der Waals surface area (Å²) >= 11 is 6.31. The molecule has 0 saturated heterocycles. The zero-order valence-corrected chi connectivity index (χ0v) is 26.9. The molecule has 2 N–H and O–H groups in total. The Labute approximate surface area is 249 Å². The molecule has 0 radical (unpaired) electrons. The number of unbranched alkanes of at least 4 members (excludes halogenated alkanes) is 9. The predicted molar refractivity (Wildman–Crippen MR) is 165 cm³/mol. The van der Waals surface area contributed by atoms with Crippen molar-refractivity contribution in [1.29, 1.82) is 10.8 Å². The molecule has 36 heavy (non-hydrogen) atoms. The van der Waals surface area contributed by atoms with E-state index in [2.05, 4.69) is 33.1 Å². The summed E-state index contributed by atoms with van der Waals surface area (Å²) < 4.78 is 3.71. The van der Waals surface area contributed by atoms with Crippen LogP contribution in [0.25, 0.3) is 19.8 Å². The van der Waals surface area contributed by atoms with E-state index < -0.39 is 0 Å². The van der Waals surface area contributed by atoms with Crippen molar-refractivity contribution in [2.45, 2.75) is 77.3 Å². The second kappa shape index (κ2) is 16.8. The lowest BCUT2D eigenvalue weighted by atomic mass is 10.1. The number of halogens is 2. The van der Waals surface area contributed by atoms with Crippen LogP contribution in [0.15, 0.2) is 35.0 Å². The Hall–Kier alpha value is -0.920. The van der Waals surface area contributed by atoms with Crippen LogP contribution in [0.1, 0.15) is 64.2 Å². The van der Waals surface area contributed by atoms with Crippen molar-refractivity contribution in [3.8, 4) is 19.8 Å². The van der Waals surface area contributed by atoms with Crippen LogP contribution in [0.2, 0.25) is 0 Å². The molecule has 0 amide bonds. The van der Waals surface area contributed by atoms with Gasteiger partial charge in [-0.1, -0.05) is 86.2 Å². The first-order valence-corrected chi connectivity index (χ1v) is 15.4. The van der Waals surface area contributed by atoms with Crippen molar-refractivity contribution in [2.24, 2.45) is 0 Å². The molecule has 4 rings (SSSR count). The van der Waals surface area contributed by atoms with E-state index in [4.69, 9.17) is 10.8 Å². The van der Waals surface area contributed by atoms with Gasteiger partial charge in [0.05, 0.1) is 9.75 Å². The highest BCUT2D eigenvalue weighted by molar-refractivity contribution is 8.93. The maximum absolute atomic E-state index is 8.14. The molecule has 0 spiro atoms. The Morgan fingerprint density at radius 1 is 0.583 bits per heavy atom. The fourth-order valence-electron chi connectivity index (χ4n) is 3.88. The van der Waals surface area contributed by atoms with Crippen molar-refractivity contribution in [1.82, 2.24) is 19.6 Å². The maximum Gasteiger partial charge on any atom is 0.200 e. The quantitative estimate of drug-likeness (QED) is 0.123. The van der Waals surface area contributed by atoms with Gasteiger partial charge < -0.3 is 0 Å². The van der Waals surface area contributed by atoms with Crippen LogP contribution in [0.4, 0.5) is 0 Å². The molecule has 12 heteroatoms. The third-order valence-corrected chi connectivity index (χ3v) is 9.54. The molecule has 0 saturated carbocycles. The molecule has 4 heterocycles. The van der Waals surface area contributed by atoms with E-state index in [-0.39, 0.29) is 34.0 Å². The smallest absolute Gasteiger partial charge is 0.200 e. The lowest BCUT2D eigenvalue weighted by Crippen LogP contribution is -2.14. The van der Waals surface area contributed by atoms with E-state index in [1.807, 2.05) is 21.5 Å². The summed E-state index contributed by atoms with van der Waals surface area (Å²) in [4.78, 5) is 3.42. The van der Waals surface area contributed by atoms with E-state index in [1.165, 1.54) is 74.0 Å². The van der Waals surface area contributed by atoms with Crippen LogP contribution >= 0.6 is 79.3 Å². The third-order valence-electron chi connectivity index (χ3n) is 5.73. The molecular formula is C24H34Br2N6S4. The van der Waals surface area contributed by atoms with Crippen molar-refractivity contribution in [2.75, 3.05) is 0 Å². The number of hydrogen-bond donors (Lipinski definition) is 2. The number of hydrogen-bond acceptors (Lipinski definition) is 8.